The highest BCUT2D eigenvalue weighted by molar-refractivity contribution is 6.31. The molecule has 2 aromatic rings. The van der Waals surface area contributed by atoms with Crippen LogP contribution in [0.15, 0.2) is 42.7 Å². The number of anilines is 1. The molecule has 1 spiro atoms. The van der Waals surface area contributed by atoms with Gasteiger partial charge in [-0.25, -0.2) is 14.1 Å². The molecule has 0 radical (unpaired) electrons. The van der Waals surface area contributed by atoms with Crippen LogP contribution < -0.4 is 10.2 Å². The van der Waals surface area contributed by atoms with E-state index in [9.17, 15) is 14.0 Å². The van der Waals surface area contributed by atoms with E-state index in [1.165, 1.54) is 6.20 Å². The molecule has 0 unspecified atom stereocenters. The van der Waals surface area contributed by atoms with Crippen molar-refractivity contribution in [1.29, 1.82) is 0 Å². The SMILES string of the molecule is O=C1NC2(CC(c3ccccc3Cl)C2)C(=O)N1c1cncc(F)c1. The van der Waals surface area contributed by atoms with Crippen LogP contribution in [0.2, 0.25) is 5.02 Å². The Balaban J connectivity index is 1.58. The molecule has 5 nitrogen and oxygen atoms in total. The number of carbonyl (C=O) groups excluding carboxylic acids is 2. The molecule has 7 heteroatoms. The van der Waals surface area contributed by atoms with Gasteiger partial charge in [-0.05, 0) is 30.4 Å². The van der Waals surface area contributed by atoms with E-state index in [-0.39, 0.29) is 17.5 Å². The van der Waals surface area contributed by atoms with Gasteiger partial charge in [-0.3, -0.25) is 9.78 Å². The molecule has 3 amide bonds. The molecule has 2 fully saturated rings. The summed E-state index contributed by atoms with van der Waals surface area (Å²) >= 11 is 6.20. The molecule has 1 aromatic heterocycles. The zero-order valence-electron chi connectivity index (χ0n) is 12.5. The van der Waals surface area contributed by atoms with Crippen molar-refractivity contribution >= 4 is 29.2 Å². The van der Waals surface area contributed by atoms with E-state index in [2.05, 4.69) is 10.3 Å². The lowest BCUT2D eigenvalue weighted by molar-refractivity contribution is -0.125. The Hall–Kier alpha value is -2.47. The van der Waals surface area contributed by atoms with Gasteiger partial charge in [0.1, 0.15) is 11.4 Å². The number of nitrogens with zero attached hydrogens (tertiary/aromatic N) is 2. The standard InChI is InChI=1S/C17H13ClFN3O2/c18-14-4-2-1-3-13(14)10-6-17(7-10)15(23)22(16(24)21-17)12-5-11(19)8-20-9-12/h1-5,8-10H,6-7H2,(H,21,24). The fourth-order valence-electron chi connectivity index (χ4n) is 3.46. The van der Waals surface area contributed by atoms with Crippen LogP contribution >= 0.6 is 11.6 Å². The number of hydrogen-bond donors (Lipinski definition) is 1. The van der Waals surface area contributed by atoms with Crippen LogP contribution in [0.25, 0.3) is 0 Å². The van der Waals surface area contributed by atoms with E-state index >= 15 is 0 Å². The molecule has 1 N–H and O–H groups in total. The van der Waals surface area contributed by atoms with E-state index in [0.29, 0.717) is 17.9 Å². The van der Waals surface area contributed by atoms with Crippen molar-refractivity contribution in [2.75, 3.05) is 4.90 Å². The normalized spacial score (nSPS) is 25.8. The Morgan fingerprint density at radius 1 is 1.25 bits per heavy atom. The van der Waals surface area contributed by atoms with E-state index in [4.69, 9.17) is 11.6 Å². The zero-order chi connectivity index (χ0) is 16.9. The first-order chi connectivity index (χ1) is 11.5. The number of hydrogen-bond acceptors (Lipinski definition) is 3. The molecule has 4 rings (SSSR count). The smallest absolute Gasteiger partial charge is 0.323 e. The average Bonchev–Trinajstić information content (AvgIpc) is 2.78. The van der Waals surface area contributed by atoms with Crippen LogP contribution in [-0.2, 0) is 4.79 Å². The third kappa shape index (κ3) is 2.17. The Morgan fingerprint density at radius 2 is 2.00 bits per heavy atom. The third-order valence-corrected chi connectivity index (χ3v) is 4.99. The minimum absolute atomic E-state index is 0.105. The van der Waals surface area contributed by atoms with Crippen molar-refractivity contribution in [1.82, 2.24) is 10.3 Å². The number of benzene rings is 1. The molecular weight excluding hydrogens is 333 g/mol. The summed E-state index contributed by atoms with van der Waals surface area (Å²) in [4.78, 5) is 29.6. The summed E-state index contributed by atoms with van der Waals surface area (Å²) in [5, 5.41) is 3.40. The summed E-state index contributed by atoms with van der Waals surface area (Å²) in [6.07, 6.45) is 3.26. The number of urea groups is 1. The summed E-state index contributed by atoms with van der Waals surface area (Å²) in [6, 6.07) is 8.04. The molecule has 1 saturated heterocycles. The van der Waals surface area contributed by atoms with Gasteiger partial charge in [0.25, 0.3) is 5.91 Å². The van der Waals surface area contributed by atoms with Crippen molar-refractivity contribution < 1.29 is 14.0 Å². The first-order valence-corrected chi connectivity index (χ1v) is 7.90. The number of carbonyl (C=O) groups is 2. The Labute approximate surface area is 142 Å². The van der Waals surface area contributed by atoms with Gasteiger partial charge in [0.05, 0.1) is 18.1 Å². The van der Waals surface area contributed by atoms with E-state index in [1.54, 1.807) is 0 Å². The minimum atomic E-state index is -0.937. The predicted octanol–water partition coefficient (Wildman–Crippen LogP) is 3.25. The summed E-state index contributed by atoms with van der Waals surface area (Å²) in [6.45, 7) is 0. The fourth-order valence-corrected chi connectivity index (χ4v) is 3.75. The van der Waals surface area contributed by atoms with Crippen LogP contribution in [0.3, 0.4) is 0 Å². The number of pyridine rings is 1. The maximum Gasteiger partial charge on any atom is 0.329 e. The molecule has 1 aromatic carbocycles. The maximum atomic E-state index is 13.3. The Kier molecular flexibility index (Phi) is 3.31. The number of amides is 3. The van der Waals surface area contributed by atoms with Crippen LogP contribution in [0.4, 0.5) is 14.9 Å². The van der Waals surface area contributed by atoms with Crippen LogP contribution in [-0.4, -0.2) is 22.5 Å². The van der Waals surface area contributed by atoms with Crippen molar-refractivity contribution in [3.63, 3.8) is 0 Å². The number of rotatable bonds is 2. The molecule has 1 saturated carbocycles. The number of imide groups is 1. The fraction of sp³-hybridized carbons (Fsp3) is 0.235. The number of nitrogens with one attached hydrogen (secondary N) is 1. The lowest BCUT2D eigenvalue weighted by Crippen LogP contribution is -2.56. The molecule has 24 heavy (non-hydrogen) atoms. The maximum absolute atomic E-state index is 13.3. The van der Waals surface area contributed by atoms with Crippen molar-refractivity contribution in [2.24, 2.45) is 0 Å². The van der Waals surface area contributed by atoms with E-state index in [1.807, 2.05) is 24.3 Å². The number of halogens is 2. The summed E-state index contributed by atoms with van der Waals surface area (Å²) in [5.74, 6) is -0.867. The predicted molar refractivity (Wildman–Crippen MR) is 86.4 cm³/mol. The highest BCUT2D eigenvalue weighted by Gasteiger charge is 2.59. The molecular formula is C17H13ClFN3O2. The largest absolute Gasteiger partial charge is 0.329 e. The average molecular weight is 346 g/mol. The highest BCUT2D eigenvalue weighted by Crippen LogP contribution is 2.49. The molecule has 2 aliphatic rings. The van der Waals surface area contributed by atoms with Crippen molar-refractivity contribution in [3.8, 4) is 0 Å². The second-order valence-corrected chi connectivity index (χ2v) is 6.55. The Bertz CT molecular complexity index is 851. The molecule has 1 aliphatic heterocycles. The highest BCUT2D eigenvalue weighted by atomic mass is 35.5. The van der Waals surface area contributed by atoms with Gasteiger partial charge in [-0.15, -0.1) is 0 Å². The molecule has 0 atom stereocenters. The first kappa shape index (κ1) is 15.1. The molecule has 2 heterocycles. The first-order valence-electron chi connectivity index (χ1n) is 7.52. The van der Waals surface area contributed by atoms with E-state index < -0.39 is 17.4 Å². The lowest BCUT2D eigenvalue weighted by Gasteiger charge is -2.43. The monoisotopic (exact) mass is 345 g/mol. The molecule has 122 valence electrons. The third-order valence-electron chi connectivity index (χ3n) is 4.65. The minimum Gasteiger partial charge on any atom is -0.323 e. The lowest BCUT2D eigenvalue weighted by atomic mass is 9.65. The van der Waals surface area contributed by atoms with Gasteiger partial charge in [0.2, 0.25) is 0 Å². The van der Waals surface area contributed by atoms with Gasteiger partial charge in [0.15, 0.2) is 0 Å². The molecule has 1 aliphatic carbocycles. The van der Waals surface area contributed by atoms with Gasteiger partial charge in [-0.1, -0.05) is 29.8 Å². The van der Waals surface area contributed by atoms with E-state index in [0.717, 1.165) is 22.7 Å². The topological polar surface area (TPSA) is 62.3 Å². The number of aromatic nitrogens is 1. The Morgan fingerprint density at radius 3 is 2.71 bits per heavy atom. The van der Waals surface area contributed by atoms with Gasteiger partial charge >= 0.3 is 6.03 Å². The second kappa shape index (κ2) is 5.27. The van der Waals surface area contributed by atoms with Crippen LogP contribution in [0, 0.1) is 5.82 Å². The van der Waals surface area contributed by atoms with Gasteiger partial charge < -0.3 is 5.32 Å². The second-order valence-electron chi connectivity index (χ2n) is 6.14. The summed E-state index contributed by atoms with van der Waals surface area (Å²) in [5.41, 5.74) is 0.168. The van der Waals surface area contributed by atoms with Crippen LogP contribution in [0.1, 0.15) is 24.3 Å². The zero-order valence-corrected chi connectivity index (χ0v) is 13.3. The van der Waals surface area contributed by atoms with Gasteiger partial charge in [0, 0.05) is 11.1 Å². The molecule has 0 bridgehead atoms. The van der Waals surface area contributed by atoms with Crippen molar-refractivity contribution in [3.05, 3.63) is 59.1 Å². The summed E-state index contributed by atoms with van der Waals surface area (Å²) < 4.78 is 13.3. The van der Waals surface area contributed by atoms with Gasteiger partial charge in [-0.2, -0.15) is 0 Å². The quantitative estimate of drug-likeness (QED) is 0.850. The van der Waals surface area contributed by atoms with Crippen LogP contribution in [0.5, 0.6) is 0 Å². The summed E-state index contributed by atoms with van der Waals surface area (Å²) in [7, 11) is 0. The van der Waals surface area contributed by atoms with Crippen molar-refractivity contribution in [2.45, 2.75) is 24.3 Å².